The normalized spacial score (nSPS) is 12.5. The molecule has 1 aromatic heterocycles. The van der Waals surface area contributed by atoms with Crippen LogP contribution < -0.4 is 16.0 Å². The van der Waals surface area contributed by atoms with E-state index in [2.05, 4.69) is 54.0 Å². The smallest absolute Gasteiger partial charge is 0.189 e. The number of nitrogens with two attached hydrogens (primary N) is 1. The zero-order valence-corrected chi connectivity index (χ0v) is 15.8. The van der Waals surface area contributed by atoms with Crippen molar-refractivity contribution in [2.24, 2.45) is 10.7 Å². The van der Waals surface area contributed by atoms with E-state index in [9.17, 15) is 0 Å². The molecule has 0 radical (unpaired) electrons. The summed E-state index contributed by atoms with van der Waals surface area (Å²) in [6.45, 7) is 10.9. The first-order chi connectivity index (χ1) is 9.60. The highest BCUT2D eigenvalue weighted by Gasteiger charge is 2.03. The summed E-state index contributed by atoms with van der Waals surface area (Å²) in [4.78, 5) is 11.0. The van der Waals surface area contributed by atoms with E-state index in [1.807, 2.05) is 12.3 Å². The Hall–Kier alpha value is -1.05. The second-order valence-corrected chi connectivity index (χ2v) is 4.85. The summed E-state index contributed by atoms with van der Waals surface area (Å²) in [5, 5.41) is 3.15. The molecule has 1 heterocycles. The monoisotopic (exact) mass is 405 g/mol. The van der Waals surface area contributed by atoms with Crippen molar-refractivity contribution >= 4 is 35.8 Å². The average Bonchev–Trinajstić information content (AvgIpc) is 2.47. The first-order valence-corrected chi connectivity index (χ1v) is 7.36. The molecule has 1 unspecified atom stereocenters. The molecule has 1 atom stereocenters. The highest BCUT2D eigenvalue weighted by molar-refractivity contribution is 14.0. The van der Waals surface area contributed by atoms with Crippen LogP contribution in [-0.4, -0.2) is 30.1 Å². The van der Waals surface area contributed by atoms with Gasteiger partial charge in [0.05, 0.1) is 6.54 Å². The van der Waals surface area contributed by atoms with Crippen LogP contribution in [0.1, 0.15) is 39.7 Å². The van der Waals surface area contributed by atoms with Crippen LogP contribution in [0.15, 0.2) is 23.3 Å². The molecule has 120 valence electrons. The fourth-order valence-corrected chi connectivity index (χ4v) is 1.82. The van der Waals surface area contributed by atoms with E-state index in [4.69, 9.17) is 5.73 Å². The van der Waals surface area contributed by atoms with Gasteiger partial charge in [-0.15, -0.1) is 24.0 Å². The van der Waals surface area contributed by atoms with Crippen LogP contribution in [0.25, 0.3) is 0 Å². The van der Waals surface area contributed by atoms with Crippen molar-refractivity contribution in [3.8, 4) is 0 Å². The van der Waals surface area contributed by atoms with Crippen LogP contribution >= 0.6 is 24.0 Å². The van der Waals surface area contributed by atoms with Crippen LogP contribution in [-0.2, 0) is 6.54 Å². The van der Waals surface area contributed by atoms with Crippen molar-refractivity contribution < 1.29 is 0 Å². The van der Waals surface area contributed by atoms with E-state index in [1.54, 1.807) is 0 Å². The Morgan fingerprint density at radius 3 is 2.48 bits per heavy atom. The van der Waals surface area contributed by atoms with Crippen LogP contribution in [0.3, 0.4) is 0 Å². The average molecular weight is 405 g/mol. The van der Waals surface area contributed by atoms with E-state index in [1.165, 1.54) is 0 Å². The lowest BCUT2D eigenvalue weighted by atomic mass is 10.2. The van der Waals surface area contributed by atoms with Gasteiger partial charge in [0, 0.05) is 25.3 Å². The minimum absolute atomic E-state index is 0. The van der Waals surface area contributed by atoms with Gasteiger partial charge >= 0.3 is 0 Å². The van der Waals surface area contributed by atoms with Crippen molar-refractivity contribution in [3.63, 3.8) is 0 Å². The molecule has 0 fully saturated rings. The molecule has 0 aliphatic heterocycles. The van der Waals surface area contributed by atoms with E-state index < -0.39 is 0 Å². The fourth-order valence-electron chi connectivity index (χ4n) is 1.82. The van der Waals surface area contributed by atoms with Gasteiger partial charge in [0.25, 0.3) is 0 Å². The molecule has 0 aliphatic rings. The predicted octanol–water partition coefficient (Wildman–Crippen LogP) is 2.75. The maximum absolute atomic E-state index is 5.83. The van der Waals surface area contributed by atoms with Gasteiger partial charge in [0.2, 0.25) is 0 Å². The first-order valence-electron chi connectivity index (χ1n) is 7.36. The lowest BCUT2D eigenvalue weighted by Crippen LogP contribution is -2.38. The lowest BCUT2D eigenvalue weighted by Gasteiger charge is -2.19. The van der Waals surface area contributed by atoms with Crippen molar-refractivity contribution in [3.05, 3.63) is 23.9 Å². The molecule has 0 aromatic carbocycles. The quantitative estimate of drug-likeness (QED) is 0.416. The molecule has 0 spiro atoms. The number of hydrogen-bond acceptors (Lipinski definition) is 3. The van der Waals surface area contributed by atoms with Crippen molar-refractivity contribution in [2.75, 3.05) is 18.0 Å². The summed E-state index contributed by atoms with van der Waals surface area (Å²) >= 11 is 0. The zero-order valence-electron chi connectivity index (χ0n) is 13.5. The molecule has 0 saturated heterocycles. The number of pyridine rings is 1. The largest absolute Gasteiger partial charge is 0.370 e. The van der Waals surface area contributed by atoms with Crippen LogP contribution in [0, 0.1) is 0 Å². The van der Waals surface area contributed by atoms with E-state index in [-0.39, 0.29) is 24.0 Å². The summed E-state index contributed by atoms with van der Waals surface area (Å²) in [6, 6.07) is 4.44. The predicted molar refractivity (Wildman–Crippen MR) is 101 cm³/mol. The van der Waals surface area contributed by atoms with Gasteiger partial charge in [0.1, 0.15) is 5.82 Å². The summed E-state index contributed by atoms with van der Waals surface area (Å²) < 4.78 is 0. The standard InChI is InChI=1S/C15H27N5.HI/c1-5-12(4)19-15(16)18-11-13-8-9-14(17-10-13)20(6-2)7-3;/h8-10,12H,5-7,11H2,1-4H3,(H3,16,18,19);1H. The summed E-state index contributed by atoms with van der Waals surface area (Å²) in [5.41, 5.74) is 6.89. The fraction of sp³-hybridized carbons (Fsp3) is 0.600. The Balaban J connectivity index is 0.00000400. The second kappa shape index (κ2) is 10.6. The number of hydrogen-bond donors (Lipinski definition) is 2. The molecule has 5 nitrogen and oxygen atoms in total. The SMILES string of the molecule is CCC(C)NC(N)=NCc1ccc(N(CC)CC)nc1.I. The van der Waals surface area contributed by atoms with Gasteiger partial charge < -0.3 is 16.0 Å². The third kappa shape index (κ3) is 6.97. The first kappa shape index (κ1) is 19.9. The second-order valence-electron chi connectivity index (χ2n) is 4.85. The van der Waals surface area contributed by atoms with E-state index in [0.29, 0.717) is 18.5 Å². The number of aliphatic imine (C=N–C) groups is 1. The Morgan fingerprint density at radius 2 is 2.00 bits per heavy atom. The molecular weight excluding hydrogens is 377 g/mol. The Kier molecular flexibility index (Phi) is 10.1. The molecular formula is C15H28IN5. The molecule has 1 aromatic rings. The Morgan fingerprint density at radius 1 is 1.33 bits per heavy atom. The topological polar surface area (TPSA) is 66.5 Å². The molecule has 1 rings (SSSR count). The Bertz CT molecular complexity index is 415. The molecule has 6 heteroatoms. The highest BCUT2D eigenvalue weighted by Crippen LogP contribution is 2.11. The maximum Gasteiger partial charge on any atom is 0.189 e. The number of aromatic nitrogens is 1. The summed E-state index contributed by atoms with van der Waals surface area (Å²) in [7, 11) is 0. The zero-order chi connectivity index (χ0) is 15.0. The molecule has 0 amide bonds. The van der Waals surface area contributed by atoms with E-state index >= 15 is 0 Å². The molecule has 0 bridgehead atoms. The van der Waals surface area contributed by atoms with Gasteiger partial charge in [-0.05, 0) is 38.8 Å². The van der Waals surface area contributed by atoms with Crippen molar-refractivity contribution in [1.82, 2.24) is 10.3 Å². The van der Waals surface area contributed by atoms with Gasteiger partial charge in [-0.1, -0.05) is 13.0 Å². The van der Waals surface area contributed by atoms with Gasteiger partial charge in [-0.3, -0.25) is 0 Å². The number of halogens is 1. The number of guanidine groups is 1. The minimum atomic E-state index is 0. The number of nitrogens with zero attached hydrogens (tertiary/aromatic N) is 3. The number of nitrogens with one attached hydrogen (secondary N) is 1. The van der Waals surface area contributed by atoms with Crippen LogP contribution in [0.2, 0.25) is 0 Å². The summed E-state index contributed by atoms with van der Waals surface area (Å²) in [6.07, 6.45) is 2.89. The molecule has 3 N–H and O–H groups in total. The van der Waals surface area contributed by atoms with Gasteiger partial charge in [0.15, 0.2) is 5.96 Å². The van der Waals surface area contributed by atoms with Crippen molar-refractivity contribution in [2.45, 2.75) is 46.7 Å². The van der Waals surface area contributed by atoms with Gasteiger partial charge in [-0.2, -0.15) is 0 Å². The molecule has 0 saturated carbocycles. The van der Waals surface area contributed by atoms with Crippen LogP contribution in [0.5, 0.6) is 0 Å². The Labute approximate surface area is 145 Å². The lowest BCUT2D eigenvalue weighted by molar-refractivity contribution is 0.636. The number of rotatable bonds is 7. The number of anilines is 1. The van der Waals surface area contributed by atoms with Crippen LogP contribution in [0.4, 0.5) is 5.82 Å². The third-order valence-electron chi connectivity index (χ3n) is 3.34. The molecule has 21 heavy (non-hydrogen) atoms. The van der Waals surface area contributed by atoms with Gasteiger partial charge in [-0.25, -0.2) is 9.98 Å². The maximum atomic E-state index is 5.83. The minimum Gasteiger partial charge on any atom is -0.370 e. The van der Waals surface area contributed by atoms with Crippen molar-refractivity contribution in [1.29, 1.82) is 0 Å². The highest BCUT2D eigenvalue weighted by atomic mass is 127. The van der Waals surface area contributed by atoms with E-state index in [0.717, 1.165) is 30.9 Å². The summed E-state index contributed by atoms with van der Waals surface area (Å²) in [5.74, 6) is 1.50. The third-order valence-corrected chi connectivity index (χ3v) is 3.34. The molecule has 0 aliphatic carbocycles.